The van der Waals surface area contributed by atoms with Crippen molar-refractivity contribution in [1.82, 2.24) is 9.55 Å². The number of nitrogens with zero attached hydrogens (tertiary/aromatic N) is 2. The number of halogens is 2. The maximum atomic E-state index is 14.0. The molecule has 0 saturated heterocycles. The molecule has 7 heteroatoms. The largest absolute Gasteiger partial charge is 0.293 e. The Morgan fingerprint density at radius 1 is 1.17 bits per heavy atom. The monoisotopic (exact) mass is 414 g/mol. The fourth-order valence-corrected chi connectivity index (χ4v) is 4.86. The second kappa shape index (κ2) is 8.06. The highest BCUT2D eigenvalue weighted by atomic mass is 32.2. The van der Waals surface area contributed by atoms with Crippen LogP contribution in [0.15, 0.2) is 52.4 Å². The van der Waals surface area contributed by atoms with Crippen molar-refractivity contribution < 1.29 is 13.6 Å². The predicted octanol–water partition coefficient (Wildman–Crippen LogP) is 5.15. The number of thioether (sulfide) groups is 1. The zero-order chi connectivity index (χ0) is 20.5. The van der Waals surface area contributed by atoms with Crippen molar-refractivity contribution in [3.63, 3.8) is 0 Å². The van der Waals surface area contributed by atoms with Crippen LogP contribution in [0.2, 0.25) is 0 Å². The zero-order valence-electron chi connectivity index (χ0n) is 15.9. The van der Waals surface area contributed by atoms with Gasteiger partial charge in [0.15, 0.2) is 10.9 Å². The summed E-state index contributed by atoms with van der Waals surface area (Å²) in [7, 11) is 0. The molecule has 150 valence electrons. The molecule has 1 aromatic heterocycles. The van der Waals surface area contributed by atoms with Gasteiger partial charge in [0.05, 0.1) is 21.7 Å². The van der Waals surface area contributed by atoms with Crippen LogP contribution in [0.3, 0.4) is 0 Å². The van der Waals surface area contributed by atoms with Crippen molar-refractivity contribution >= 4 is 28.4 Å². The number of aromatic nitrogens is 2. The van der Waals surface area contributed by atoms with Crippen LogP contribution in [0.25, 0.3) is 10.9 Å². The standard InChI is InChI=1S/C22H20F2N2O2S/c1-13(20(27)17-12-14(23)10-11-18(17)24)29-22-25-19-9-5-4-8-16(19)21(28)26(22)15-6-2-3-7-15/h4-5,8-13,15H,2-3,6-7H2,1H3. The molecule has 1 saturated carbocycles. The first kappa shape index (κ1) is 19.8. The summed E-state index contributed by atoms with van der Waals surface area (Å²) in [5.41, 5.74) is 0.146. The normalized spacial score (nSPS) is 15.7. The molecule has 1 unspecified atom stereocenters. The summed E-state index contributed by atoms with van der Waals surface area (Å²) in [4.78, 5) is 30.6. The third kappa shape index (κ3) is 3.83. The second-order valence-corrected chi connectivity index (χ2v) is 8.58. The lowest BCUT2D eigenvalue weighted by molar-refractivity contribution is 0.0989. The molecule has 4 nitrogen and oxygen atoms in total. The first-order valence-corrected chi connectivity index (χ1v) is 10.5. The fourth-order valence-electron chi connectivity index (χ4n) is 3.81. The van der Waals surface area contributed by atoms with Crippen LogP contribution >= 0.6 is 11.8 Å². The van der Waals surface area contributed by atoms with Crippen LogP contribution < -0.4 is 5.56 Å². The van der Waals surface area contributed by atoms with Crippen molar-refractivity contribution in [3.8, 4) is 0 Å². The molecular formula is C22H20F2N2O2S. The van der Waals surface area contributed by atoms with E-state index in [2.05, 4.69) is 4.98 Å². The Labute approximate surface area is 171 Å². The summed E-state index contributed by atoms with van der Waals surface area (Å²) in [6.07, 6.45) is 3.84. The van der Waals surface area contributed by atoms with E-state index in [0.29, 0.717) is 16.1 Å². The van der Waals surface area contributed by atoms with E-state index >= 15 is 0 Å². The van der Waals surface area contributed by atoms with Crippen LogP contribution in [-0.2, 0) is 0 Å². The van der Waals surface area contributed by atoms with E-state index in [1.807, 2.05) is 0 Å². The molecule has 0 spiro atoms. The topological polar surface area (TPSA) is 52.0 Å². The molecule has 1 aliphatic rings. The van der Waals surface area contributed by atoms with E-state index in [0.717, 1.165) is 55.6 Å². The van der Waals surface area contributed by atoms with Gasteiger partial charge in [-0.3, -0.25) is 14.2 Å². The molecule has 0 bridgehead atoms. The minimum atomic E-state index is -0.761. The minimum absolute atomic E-state index is 0.0373. The van der Waals surface area contributed by atoms with Gasteiger partial charge in [0.1, 0.15) is 11.6 Å². The van der Waals surface area contributed by atoms with Crippen molar-refractivity contribution in [2.24, 2.45) is 0 Å². The number of hydrogen-bond donors (Lipinski definition) is 0. The van der Waals surface area contributed by atoms with Gasteiger partial charge in [0.25, 0.3) is 5.56 Å². The smallest absolute Gasteiger partial charge is 0.262 e. The van der Waals surface area contributed by atoms with Crippen LogP contribution in [0.1, 0.15) is 49.0 Å². The van der Waals surface area contributed by atoms with Gasteiger partial charge in [-0.15, -0.1) is 0 Å². The lowest BCUT2D eigenvalue weighted by Gasteiger charge is -2.20. The summed E-state index contributed by atoms with van der Waals surface area (Å²) < 4.78 is 29.2. The quantitative estimate of drug-likeness (QED) is 0.329. The van der Waals surface area contributed by atoms with Crippen molar-refractivity contribution in [3.05, 3.63) is 70.0 Å². The fraction of sp³-hybridized carbons (Fsp3) is 0.318. The lowest BCUT2D eigenvalue weighted by Crippen LogP contribution is -2.27. The first-order chi connectivity index (χ1) is 14.0. The molecule has 29 heavy (non-hydrogen) atoms. The van der Waals surface area contributed by atoms with E-state index < -0.39 is 22.7 Å². The maximum Gasteiger partial charge on any atom is 0.262 e. The van der Waals surface area contributed by atoms with Crippen molar-refractivity contribution in [2.75, 3.05) is 0 Å². The number of ketones is 1. The van der Waals surface area contributed by atoms with Crippen LogP contribution in [-0.4, -0.2) is 20.6 Å². The van der Waals surface area contributed by atoms with E-state index in [-0.39, 0.29) is 17.2 Å². The van der Waals surface area contributed by atoms with E-state index in [4.69, 9.17) is 0 Å². The van der Waals surface area contributed by atoms with Crippen molar-refractivity contribution in [1.29, 1.82) is 0 Å². The Hall–Kier alpha value is -2.54. The summed E-state index contributed by atoms with van der Waals surface area (Å²) in [6.45, 7) is 1.62. The highest BCUT2D eigenvalue weighted by Crippen LogP contribution is 2.34. The SMILES string of the molecule is CC(Sc1nc2ccccc2c(=O)n1C1CCCC1)C(=O)c1cc(F)ccc1F. The van der Waals surface area contributed by atoms with Gasteiger partial charge in [0.2, 0.25) is 0 Å². The predicted molar refractivity (Wildman–Crippen MR) is 110 cm³/mol. The average Bonchev–Trinajstić information content (AvgIpc) is 3.23. The van der Waals surface area contributed by atoms with Gasteiger partial charge in [-0.05, 0) is 50.1 Å². The molecule has 0 radical (unpaired) electrons. The summed E-state index contributed by atoms with van der Waals surface area (Å²) in [5.74, 6) is -1.96. The lowest BCUT2D eigenvalue weighted by atomic mass is 10.1. The Balaban J connectivity index is 1.74. The third-order valence-corrected chi connectivity index (χ3v) is 6.38. The molecule has 1 heterocycles. The molecule has 3 aromatic rings. The van der Waals surface area contributed by atoms with Gasteiger partial charge >= 0.3 is 0 Å². The van der Waals surface area contributed by atoms with Gasteiger partial charge < -0.3 is 0 Å². The number of benzene rings is 2. The highest BCUT2D eigenvalue weighted by Gasteiger charge is 2.27. The molecule has 0 aliphatic heterocycles. The third-order valence-electron chi connectivity index (χ3n) is 5.31. The molecule has 2 aromatic carbocycles. The highest BCUT2D eigenvalue weighted by molar-refractivity contribution is 8.00. The Morgan fingerprint density at radius 2 is 1.90 bits per heavy atom. The molecule has 1 atom stereocenters. The Morgan fingerprint density at radius 3 is 2.66 bits per heavy atom. The van der Waals surface area contributed by atoms with E-state index in [9.17, 15) is 18.4 Å². The summed E-state index contributed by atoms with van der Waals surface area (Å²) in [5, 5.41) is 0.254. The molecule has 0 amide bonds. The molecule has 4 rings (SSSR count). The van der Waals surface area contributed by atoms with E-state index in [1.165, 1.54) is 0 Å². The van der Waals surface area contributed by atoms with E-state index in [1.54, 1.807) is 35.8 Å². The average molecular weight is 414 g/mol. The summed E-state index contributed by atoms with van der Waals surface area (Å²) >= 11 is 1.12. The van der Waals surface area contributed by atoms with Crippen LogP contribution in [0.4, 0.5) is 8.78 Å². The van der Waals surface area contributed by atoms with Gasteiger partial charge in [0, 0.05) is 6.04 Å². The van der Waals surface area contributed by atoms with Crippen LogP contribution in [0, 0.1) is 11.6 Å². The molecule has 1 fully saturated rings. The molecule has 0 N–H and O–H groups in total. The number of hydrogen-bond acceptors (Lipinski definition) is 4. The second-order valence-electron chi connectivity index (χ2n) is 7.27. The summed E-state index contributed by atoms with van der Waals surface area (Å²) in [6, 6.07) is 9.99. The van der Waals surface area contributed by atoms with Gasteiger partial charge in [-0.1, -0.05) is 36.7 Å². The number of carbonyl (C=O) groups excluding carboxylic acids is 1. The van der Waals surface area contributed by atoms with Gasteiger partial charge in [-0.25, -0.2) is 13.8 Å². The molecular weight excluding hydrogens is 394 g/mol. The number of fused-ring (bicyclic) bond motifs is 1. The van der Waals surface area contributed by atoms with Crippen molar-refractivity contribution in [2.45, 2.75) is 49.1 Å². The number of carbonyl (C=O) groups is 1. The maximum absolute atomic E-state index is 14.0. The molecule has 1 aliphatic carbocycles. The Bertz CT molecular complexity index is 1140. The van der Waals surface area contributed by atoms with Gasteiger partial charge in [-0.2, -0.15) is 0 Å². The number of Topliss-reactive ketones (excluding diaryl/α,β-unsaturated/α-hetero) is 1. The minimum Gasteiger partial charge on any atom is -0.293 e. The first-order valence-electron chi connectivity index (χ1n) is 9.63. The zero-order valence-corrected chi connectivity index (χ0v) is 16.7. The number of rotatable bonds is 5. The van der Waals surface area contributed by atoms with Crippen LogP contribution in [0.5, 0.6) is 0 Å². The number of para-hydroxylation sites is 1. The Kier molecular flexibility index (Phi) is 5.50.